The lowest BCUT2D eigenvalue weighted by molar-refractivity contribution is 0.185. The number of nitrogens with zero attached hydrogens (tertiary/aromatic N) is 1. The van der Waals surface area contributed by atoms with E-state index in [9.17, 15) is 0 Å². The number of methoxy groups -OCH3 is 1. The van der Waals surface area contributed by atoms with Crippen LogP contribution in [-0.2, 0) is 11.3 Å². The highest BCUT2D eigenvalue weighted by molar-refractivity contribution is 14.0. The Labute approximate surface area is 161 Å². The van der Waals surface area contributed by atoms with Crippen molar-refractivity contribution in [3.63, 3.8) is 0 Å². The lowest BCUT2D eigenvalue weighted by atomic mass is 10.0. The Morgan fingerprint density at radius 3 is 2.50 bits per heavy atom. The van der Waals surface area contributed by atoms with Crippen LogP contribution in [-0.4, -0.2) is 19.6 Å². The van der Waals surface area contributed by atoms with Gasteiger partial charge in [0.05, 0.1) is 6.61 Å². The first-order valence-corrected chi connectivity index (χ1v) is 7.80. The van der Waals surface area contributed by atoms with E-state index in [0.717, 1.165) is 11.3 Å². The van der Waals surface area contributed by atoms with Gasteiger partial charge < -0.3 is 15.8 Å². The molecule has 5 heteroatoms. The van der Waals surface area contributed by atoms with E-state index in [1.165, 1.54) is 11.1 Å². The number of hydrogen-bond acceptors (Lipinski definition) is 2. The number of rotatable bonds is 6. The zero-order chi connectivity index (χ0) is 16.7. The quantitative estimate of drug-likeness (QED) is 0.401. The molecule has 0 radical (unpaired) electrons. The third kappa shape index (κ3) is 6.13. The molecule has 0 fully saturated rings. The predicted molar refractivity (Wildman–Crippen MR) is 112 cm³/mol. The van der Waals surface area contributed by atoms with E-state index in [-0.39, 0.29) is 24.0 Å². The summed E-state index contributed by atoms with van der Waals surface area (Å²) in [7, 11) is 1.68. The van der Waals surface area contributed by atoms with Crippen LogP contribution >= 0.6 is 24.0 Å². The van der Waals surface area contributed by atoms with Crippen molar-refractivity contribution in [3.05, 3.63) is 65.2 Å². The van der Waals surface area contributed by atoms with Crippen molar-refractivity contribution in [2.24, 2.45) is 10.7 Å². The van der Waals surface area contributed by atoms with Crippen molar-refractivity contribution in [1.82, 2.24) is 0 Å². The Balaban J connectivity index is 0.00000288. The maximum Gasteiger partial charge on any atom is 0.193 e. The fraction of sp³-hybridized carbons (Fsp3) is 0.316. The van der Waals surface area contributed by atoms with Crippen molar-refractivity contribution >= 4 is 35.6 Å². The molecule has 0 aliphatic carbocycles. The number of aliphatic imine (C=N–C) groups is 1. The van der Waals surface area contributed by atoms with E-state index in [1.807, 2.05) is 24.3 Å². The third-order valence-corrected chi connectivity index (χ3v) is 3.76. The molecule has 0 heterocycles. The molecular weight excluding hydrogens is 413 g/mol. The summed E-state index contributed by atoms with van der Waals surface area (Å²) < 4.78 is 5.20. The van der Waals surface area contributed by atoms with Crippen LogP contribution in [0.25, 0.3) is 0 Å². The molecule has 0 saturated carbocycles. The second kappa shape index (κ2) is 10.3. The normalized spacial score (nSPS) is 12.4. The van der Waals surface area contributed by atoms with Gasteiger partial charge in [-0.1, -0.05) is 55.0 Å². The van der Waals surface area contributed by atoms with Gasteiger partial charge in [-0.2, -0.15) is 0 Å². The number of halogens is 1. The van der Waals surface area contributed by atoms with Gasteiger partial charge in [-0.15, -0.1) is 24.0 Å². The van der Waals surface area contributed by atoms with Crippen LogP contribution in [0.15, 0.2) is 53.5 Å². The lowest BCUT2D eigenvalue weighted by Gasteiger charge is -2.13. The van der Waals surface area contributed by atoms with E-state index in [2.05, 4.69) is 48.4 Å². The van der Waals surface area contributed by atoms with Gasteiger partial charge in [0.25, 0.3) is 0 Å². The van der Waals surface area contributed by atoms with Crippen molar-refractivity contribution in [2.75, 3.05) is 19.0 Å². The molecule has 0 amide bonds. The SMILES string of the molecule is COCc1ccccc1NC(N)=NCC(C)c1ccc(C)cc1.I. The average molecular weight is 439 g/mol. The highest BCUT2D eigenvalue weighted by Crippen LogP contribution is 2.17. The Bertz CT molecular complexity index is 656. The Morgan fingerprint density at radius 2 is 1.83 bits per heavy atom. The highest BCUT2D eigenvalue weighted by Gasteiger charge is 2.06. The molecule has 2 rings (SSSR count). The first kappa shape index (κ1) is 20.4. The zero-order valence-electron chi connectivity index (χ0n) is 14.5. The molecule has 2 aromatic carbocycles. The van der Waals surface area contributed by atoms with Gasteiger partial charge in [-0.25, -0.2) is 0 Å². The molecule has 3 N–H and O–H groups in total. The molecule has 0 aliphatic rings. The summed E-state index contributed by atoms with van der Waals surface area (Å²) in [5, 5.41) is 3.16. The van der Waals surface area contributed by atoms with Gasteiger partial charge in [0.1, 0.15) is 0 Å². The van der Waals surface area contributed by atoms with Crippen molar-refractivity contribution < 1.29 is 4.74 Å². The Kier molecular flexibility index (Phi) is 8.78. The van der Waals surface area contributed by atoms with Crippen LogP contribution < -0.4 is 11.1 Å². The van der Waals surface area contributed by atoms with Gasteiger partial charge in [-0.05, 0) is 18.6 Å². The minimum absolute atomic E-state index is 0. The topological polar surface area (TPSA) is 59.6 Å². The summed E-state index contributed by atoms with van der Waals surface area (Å²) in [6.45, 7) is 5.43. The number of guanidine groups is 1. The van der Waals surface area contributed by atoms with E-state index in [1.54, 1.807) is 7.11 Å². The molecule has 2 aromatic rings. The van der Waals surface area contributed by atoms with Gasteiger partial charge in [-0.3, -0.25) is 4.99 Å². The largest absolute Gasteiger partial charge is 0.380 e. The molecule has 0 bridgehead atoms. The first-order valence-electron chi connectivity index (χ1n) is 7.80. The van der Waals surface area contributed by atoms with Gasteiger partial charge in [0.2, 0.25) is 0 Å². The predicted octanol–water partition coefficient (Wildman–Crippen LogP) is 4.29. The lowest BCUT2D eigenvalue weighted by Crippen LogP contribution is -2.24. The summed E-state index contributed by atoms with van der Waals surface area (Å²) in [5.41, 5.74) is 10.5. The number of aryl methyl sites for hydroxylation is 1. The molecule has 0 aromatic heterocycles. The molecule has 0 saturated heterocycles. The summed E-state index contributed by atoms with van der Waals surface area (Å²) >= 11 is 0. The molecule has 130 valence electrons. The molecule has 1 unspecified atom stereocenters. The third-order valence-electron chi connectivity index (χ3n) is 3.76. The van der Waals surface area contributed by atoms with Crippen molar-refractivity contribution in [1.29, 1.82) is 0 Å². The maximum atomic E-state index is 6.02. The molecule has 4 nitrogen and oxygen atoms in total. The molecule has 24 heavy (non-hydrogen) atoms. The van der Waals surface area contributed by atoms with Crippen LogP contribution in [0.4, 0.5) is 5.69 Å². The first-order chi connectivity index (χ1) is 11.1. The number of para-hydroxylation sites is 1. The zero-order valence-corrected chi connectivity index (χ0v) is 16.8. The monoisotopic (exact) mass is 439 g/mol. The number of benzene rings is 2. The van der Waals surface area contributed by atoms with Crippen molar-refractivity contribution in [2.45, 2.75) is 26.4 Å². The minimum atomic E-state index is 0. The van der Waals surface area contributed by atoms with Gasteiger partial charge in [0, 0.05) is 30.8 Å². The van der Waals surface area contributed by atoms with Crippen LogP contribution in [0.2, 0.25) is 0 Å². The summed E-state index contributed by atoms with van der Waals surface area (Å²) in [6.07, 6.45) is 0. The van der Waals surface area contributed by atoms with E-state index >= 15 is 0 Å². The van der Waals surface area contributed by atoms with Crippen LogP contribution in [0.5, 0.6) is 0 Å². The van der Waals surface area contributed by atoms with Gasteiger partial charge >= 0.3 is 0 Å². The fourth-order valence-electron chi connectivity index (χ4n) is 2.34. The van der Waals surface area contributed by atoms with E-state index in [0.29, 0.717) is 25.0 Å². The summed E-state index contributed by atoms with van der Waals surface area (Å²) in [6, 6.07) is 16.5. The van der Waals surface area contributed by atoms with Crippen LogP contribution in [0.3, 0.4) is 0 Å². The number of anilines is 1. The number of nitrogens with two attached hydrogens (primary N) is 1. The van der Waals surface area contributed by atoms with Gasteiger partial charge in [0.15, 0.2) is 5.96 Å². The Hall–Kier alpha value is -1.60. The summed E-state index contributed by atoms with van der Waals surface area (Å²) in [5.74, 6) is 0.748. The smallest absolute Gasteiger partial charge is 0.193 e. The fourth-order valence-corrected chi connectivity index (χ4v) is 2.34. The highest BCUT2D eigenvalue weighted by atomic mass is 127. The van der Waals surface area contributed by atoms with E-state index in [4.69, 9.17) is 10.5 Å². The second-order valence-electron chi connectivity index (χ2n) is 5.75. The number of ether oxygens (including phenoxy) is 1. The number of nitrogens with one attached hydrogen (secondary N) is 1. The van der Waals surface area contributed by atoms with Crippen LogP contribution in [0, 0.1) is 6.92 Å². The summed E-state index contributed by atoms with van der Waals surface area (Å²) in [4.78, 5) is 4.46. The molecular formula is C19H26IN3O. The van der Waals surface area contributed by atoms with Crippen LogP contribution in [0.1, 0.15) is 29.5 Å². The number of hydrogen-bond donors (Lipinski definition) is 2. The molecule has 0 spiro atoms. The van der Waals surface area contributed by atoms with E-state index < -0.39 is 0 Å². The second-order valence-corrected chi connectivity index (χ2v) is 5.75. The van der Waals surface area contributed by atoms with Crippen molar-refractivity contribution in [3.8, 4) is 0 Å². The average Bonchev–Trinajstić information content (AvgIpc) is 2.55. The Morgan fingerprint density at radius 1 is 1.17 bits per heavy atom. The maximum absolute atomic E-state index is 6.02. The molecule has 1 atom stereocenters. The minimum Gasteiger partial charge on any atom is -0.380 e. The standard InChI is InChI=1S/C19H25N3O.HI/c1-14-8-10-16(11-9-14)15(2)12-21-19(20)22-18-7-5-4-6-17(18)13-23-3;/h4-11,15H,12-13H2,1-3H3,(H3,20,21,22);1H. The molecule has 0 aliphatic heterocycles.